The van der Waals surface area contributed by atoms with E-state index in [1.807, 2.05) is 0 Å². The molecular weight excluding hydrogens is 509 g/mol. The summed E-state index contributed by atoms with van der Waals surface area (Å²) in [4.78, 5) is 17.3. The predicted molar refractivity (Wildman–Crippen MR) is 131 cm³/mol. The van der Waals surface area contributed by atoms with Crippen molar-refractivity contribution in [2.24, 2.45) is 7.05 Å². The van der Waals surface area contributed by atoms with E-state index >= 15 is 0 Å². The highest BCUT2D eigenvalue weighted by molar-refractivity contribution is 6.31. The second-order valence-corrected chi connectivity index (χ2v) is 8.80. The molecule has 0 unspecified atom stereocenters. The van der Waals surface area contributed by atoms with E-state index in [1.54, 1.807) is 43.2 Å². The topological polar surface area (TPSA) is 95.5 Å². The molecule has 5 aromatic rings. The SMILES string of the molecule is Cc1nn(CC(=O)Nc2ccn(Cc3c(F)cccc3Cl)n2)c2nc(-c3cnn(C)c3)cc(C(F)F)c12. The van der Waals surface area contributed by atoms with Gasteiger partial charge in [0, 0.05) is 47.2 Å². The first-order chi connectivity index (χ1) is 17.7. The van der Waals surface area contributed by atoms with E-state index in [4.69, 9.17) is 11.6 Å². The Morgan fingerprint density at radius 3 is 2.73 bits per heavy atom. The largest absolute Gasteiger partial charge is 0.308 e. The molecule has 13 heteroatoms. The van der Waals surface area contributed by atoms with Gasteiger partial charge in [0.2, 0.25) is 5.91 Å². The van der Waals surface area contributed by atoms with Gasteiger partial charge < -0.3 is 5.32 Å². The van der Waals surface area contributed by atoms with Gasteiger partial charge in [0.15, 0.2) is 11.5 Å². The average molecular weight is 529 g/mol. The number of pyridine rings is 1. The van der Waals surface area contributed by atoms with Crippen LogP contribution in [0.15, 0.2) is 48.9 Å². The second kappa shape index (κ2) is 9.69. The zero-order chi connectivity index (χ0) is 26.3. The smallest absolute Gasteiger partial charge is 0.264 e. The molecule has 0 atom stereocenters. The number of hydrogen-bond acceptors (Lipinski definition) is 5. The fraction of sp³-hybridized carbons (Fsp3) is 0.208. The van der Waals surface area contributed by atoms with Gasteiger partial charge in [0.05, 0.1) is 29.5 Å². The first-order valence-electron chi connectivity index (χ1n) is 11.1. The summed E-state index contributed by atoms with van der Waals surface area (Å²) in [6.45, 7) is 1.37. The lowest BCUT2D eigenvalue weighted by Crippen LogP contribution is -2.20. The van der Waals surface area contributed by atoms with E-state index in [0.717, 1.165) is 0 Å². The summed E-state index contributed by atoms with van der Waals surface area (Å²) in [6, 6.07) is 7.26. The standard InChI is InChI=1S/C24H20ClF3N8O/c1-13-22-15(23(27)28)8-19(14-9-29-34(2)10-14)30-24(22)36(32-13)12-21(37)31-20-6-7-35(33-20)11-16-17(25)4-3-5-18(16)26/h3-10,23H,11-12H2,1-2H3,(H,31,33,37). The molecular formula is C24H20ClF3N8O. The van der Waals surface area contributed by atoms with Crippen molar-refractivity contribution in [1.82, 2.24) is 34.3 Å². The van der Waals surface area contributed by atoms with Gasteiger partial charge >= 0.3 is 0 Å². The minimum atomic E-state index is -2.77. The van der Waals surface area contributed by atoms with Crippen molar-refractivity contribution < 1.29 is 18.0 Å². The number of hydrogen-bond donors (Lipinski definition) is 1. The van der Waals surface area contributed by atoms with Gasteiger partial charge in [0.1, 0.15) is 12.4 Å². The lowest BCUT2D eigenvalue weighted by Gasteiger charge is -2.08. The Morgan fingerprint density at radius 2 is 2.03 bits per heavy atom. The summed E-state index contributed by atoms with van der Waals surface area (Å²) in [7, 11) is 1.71. The Balaban J connectivity index is 1.39. The monoisotopic (exact) mass is 528 g/mol. The highest BCUT2D eigenvalue weighted by atomic mass is 35.5. The molecule has 0 bridgehead atoms. The Bertz CT molecular complexity index is 1600. The molecule has 1 N–H and O–H groups in total. The van der Waals surface area contributed by atoms with Crippen LogP contribution in [0.25, 0.3) is 22.3 Å². The maximum atomic E-state index is 14.1. The van der Waals surface area contributed by atoms with E-state index in [2.05, 4.69) is 25.6 Å². The third-order valence-corrected chi connectivity index (χ3v) is 6.08. The van der Waals surface area contributed by atoms with Crippen molar-refractivity contribution in [1.29, 1.82) is 0 Å². The molecule has 0 aliphatic carbocycles. The number of rotatable bonds is 7. The average Bonchev–Trinajstić information content (AvgIpc) is 3.55. The minimum absolute atomic E-state index is 0.0712. The van der Waals surface area contributed by atoms with Gasteiger partial charge in [-0.15, -0.1) is 0 Å². The summed E-state index contributed by atoms with van der Waals surface area (Å²) in [5.74, 6) is -0.732. The molecule has 1 aromatic carbocycles. The van der Waals surface area contributed by atoms with E-state index < -0.39 is 18.1 Å². The van der Waals surface area contributed by atoms with Gasteiger partial charge in [-0.3, -0.25) is 14.2 Å². The van der Waals surface area contributed by atoms with Crippen LogP contribution in [0.4, 0.5) is 19.0 Å². The van der Waals surface area contributed by atoms with Crippen LogP contribution in [0.3, 0.4) is 0 Å². The fourth-order valence-corrected chi connectivity index (χ4v) is 4.27. The van der Waals surface area contributed by atoms with Crippen molar-refractivity contribution in [3.8, 4) is 11.3 Å². The first kappa shape index (κ1) is 24.5. The molecule has 0 saturated heterocycles. The Labute approximate surface area is 213 Å². The zero-order valence-corrected chi connectivity index (χ0v) is 20.4. The Morgan fingerprint density at radius 1 is 1.22 bits per heavy atom. The van der Waals surface area contributed by atoms with Crippen molar-refractivity contribution in [3.05, 3.63) is 76.6 Å². The molecule has 1 amide bonds. The fourth-order valence-electron chi connectivity index (χ4n) is 4.05. The molecule has 0 radical (unpaired) electrons. The molecule has 0 spiro atoms. The van der Waals surface area contributed by atoms with Gasteiger partial charge in [-0.25, -0.2) is 22.8 Å². The number of carbonyl (C=O) groups excluding carboxylic acids is 1. The van der Waals surface area contributed by atoms with Gasteiger partial charge in [-0.1, -0.05) is 17.7 Å². The number of nitrogens with one attached hydrogen (secondary N) is 1. The Kier molecular flexibility index (Phi) is 6.42. The number of aryl methyl sites for hydroxylation is 2. The number of amides is 1. The maximum absolute atomic E-state index is 14.1. The third kappa shape index (κ3) is 4.92. The van der Waals surface area contributed by atoms with Crippen molar-refractivity contribution >= 4 is 34.4 Å². The van der Waals surface area contributed by atoms with Crippen LogP contribution in [0.5, 0.6) is 0 Å². The van der Waals surface area contributed by atoms with Crippen molar-refractivity contribution in [2.75, 3.05) is 5.32 Å². The van der Waals surface area contributed by atoms with Crippen LogP contribution in [-0.2, 0) is 24.9 Å². The van der Waals surface area contributed by atoms with Crippen molar-refractivity contribution in [2.45, 2.75) is 26.4 Å². The summed E-state index contributed by atoms with van der Waals surface area (Å²) < 4.78 is 46.2. The molecule has 9 nitrogen and oxygen atoms in total. The summed E-state index contributed by atoms with van der Waals surface area (Å²) in [5.41, 5.74) is 1.38. The lowest BCUT2D eigenvalue weighted by atomic mass is 10.1. The summed E-state index contributed by atoms with van der Waals surface area (Å²) in [5, 5.41) is 15.7. The molecule has 4 aromatic heterocycles. The molecule has 0 fully saturated rings. The third-order valence-electron chi connectivity index (χ3n) is 5.73. The number of fused-ring (bicyclic) bond motifs is 1. The molecule has 5 rings (SSSR count). The minimum Gasteiger partial charge on any atom is -0.308 e. The molecule has 37 heavy (non-hydrogen) atoms. The molecule has 4 heterocycles. The van der Waals surface area contributed by atoms with Gasteiger partial charge in [-0.2, -0.15) is 15.3 Å². The second-order valence-electron chi connectivity index (χ2n) is 8.39. The number of nitrogens with zero attached hydrogens (tertiary/aromatic N) is 7. The van der Waals surface area contributed by atoms with Gasteiger partial charge in [-0.05, 0) is 25.1 Å². The van der Waals surface area contributed by atoms with E-state index in [-0.39, 0.29) is 46.1 Å². The number of carbonyl (C=O) groups is 1. The lowest BCUT2D eigenvalue weighted by molar-refractivity contribution is -0.116. The number of aromatic nitrogens is 7. The molecule has 0 saturated carbocycles. The Hall–Kier alpha value is -4.19. The maximum Gasteiger partial charge on any atom is 0.264 e. The molecule has 0 aliphatic heterocycles. The summed E-state index contributed by atoms with van der Waals surface area (Å²) in [6.07, 6.45) is 1.99. The highest BCUT2D eigenvalue weighted by Crippen LogP contribution is 2.33. The van der Waals surface area contributed by atoms with Gasteiger partial charge in [0.25, 0.3) is 6.43 Å². The van der Waals surface area contributed by atoms with Crippen LogP contribution >= 0.6 is 11.6 Å². The number of halogens is 4. The zero-order valence-electron chi connectivity index (χ0n) is 19.7. The van der Waals surface area contributed by atoms with E-state index in [9.17, 15) is 18.0 Å². The van der Waals surface area contributed by atoms with Crippen LogP contribution in [0.1, 0.15) is 23.2 Å². The normalized spacial score (nSPS) is 11.5. The van der Waals surface area contributed by atoms with E-state index in [0.29, 0.717) is 17.0 Å². The predicted octanol–water partition coefficient (Wildman–Crippen LogP) is 4.75. The number of anilines is 1. The van der Waals surface area contributed by atoms with Crippen LogP contribution in [0.2, 0.25) is 5.02 Å². The van der Waals surface area contributed by atoms with Crippen LogP contribution in [-0.4, -0.2) is 40.2 Å². The van der Waals surface area contributed by atoms with Crippen molar-refractivity contribution in [3.63, 3.8) is 0 Å². The highest BCUT2D eigenvalue weighted by Gasteiger charge is 2.22. The molecule has 0 aliphatic rings. The number of alkyl halides is 2. The number of benzene rings is 1. The summed E-state index contributed by atoms with van der Waals surface area (Å²) >= 11 is 6.07. The quantitative estimate of drug-likeness (QED) is 0.329. The van der Waals surface area contributed by atoms with Crippen LogP contribution < -0.4 is 5.32 Å². The van der Waals surface area contributed by atoms with E-state index in [1.165, 1.54) is 33.8 Å². The first-order valence-corrected chi connectivity index (χ1v) is 11.5. The molecule has 190 valence electrons. The van der Waals surface area contributed by atoms with Crippen LogP contribution in [0, 0.1) is 12.7 Å².